The summed E-state index contributed by atoms with van der Waals surface area (Å²) >= 11 is 0. The molecule has 0 saturated carbocycles. The lowest BCUT2D eigenvalue weighted by Crippen LogP contribution is -2.19. The highest BCUT2D eigenvalue weighted by Crippen LogP contribution is 2.21. The van der Waals surface area contributed by atoms with E-state index in [9.17, 15) is 0 Å². The lowest BCUT2D eigenvalue weighted by atomic mass is 10.0. The quantitative estimate of drug-likeness (QED) is 0.572. The zero-order chi connectivity index (χ0) is 10.5. The van der Waals surface area contributed by atoms with Crippen molar-refractivity contribution in [3.8, 4) is 0 Å². The first-order valence-electron chi connectivity index (χ1n) is 5.27. The molecule has 2 nitrogen and oxygen atoms in total. The van der Waals surface area contributed by atoms with Gasteiger partial charge in [0.25, 0.3) is 0 Å². The molecule has 0 bridgehead atoms. The third kappa shape index (κ3) is 5.78. The maximum Gasteiger partial charge on any atom is 0.0760 e. The van der Waals surface area contributed by atoms with Crippen LogP contribution in [-0.2, 0) is 0 Å². The van der Waals surface area contributed by atoms with Crippen LogP contribution in [0.3, 0.4) is 0 Å². The molecule has 0 unspecified atom stereocenters. The average Bonchev–Trinajstić information content (AvgIpc) is 2.02. The van der Waals surface area contributed by atoms with E-state index in [4.69, 9.17) is 0 Å². The minimum Gasteiger partial charge on any atom is -0.187 e. The summed E-state index contributed by atoms with van der Waals surface area (Å²) < 4.78 is 0. The lowest BCUT2D eigenvalue weighted by molar-refractivity contribution is 0.393. The maximum absolute atomic E-state index is 4.41. The number of azo groups is 1. The number of hydrogen-bond acceptors (Lipinski definition) is 2. The van der Waals surface area contributed by atoms with Gasteiger partial charge >= 0.3 is 0 Å². The molecule has 0 aliphatic rings. The van der Waals surface area contributed by atoms with E-state index in [2.05, 4.69) is 51.8 Å². The number of hydrogen-bond donors (Lipinski definition) is 0. The molecule has 0 amide bonds. The van der Waals surface area contributed by atoms with Gasteiger partial charge in [-0.25, -0.2) is 0 Å². The van der Waals surface area contributed by atoms with Crippen LogP contribution in [0.15, 0.2) is 10.2 Å². The molecule has 2 heteroatoms. The van der Waals surface area contributed by atoms with Crippen LogP contribution >= 0.6 is 0 Å². The normalized spacial score (nSPS) is 14.0. The van der Waals surface area contributed by atoms with Gasteiger partial charge < -0.3 is 0 Å². The predicted octanol–water partition coefficient (Wildman–Crippen LogP) is 4.21. The van der Waals surface area contributed by atoms with Crippen molar-refractivity contribution >= 4 is 0 Å². The molecular weight excluding hydrogens is 160 g/mol. The lowest BCUT2D eigenvalue weighted by Gasteiger charge is -2.21. The molecule has 13 heavy (non-hydrogen) atoms. The molecule has 0 heterocycles. The Morgan fingerprint density at radius 1 is 0.846 bits per heavy atom. The van der Waals surface area contributed by atoms with E-state index < -0.39 is 0 Å². The summed E-state index contributed by atoms with van der Waals surface area (Å²) in [6.07, 6.45) is 3.31. The largest absolute Gasteiger partial charge is 0.187 e. The standard InChI is InChI=1S/C11H24N2/c1-7-9-11(5,6)13-12-10(3,4)8-2/h7-9H2,1-6H3. The fraction of sp³-hybridized carbons (Fsp3) is 1.00. The van der Waals surface area contributed by atoms with Gasteiger partial charge in [-0.2, -0.15) is 10.2 Å². The summed E-state index contributed by atoms with van der Waals surface area (Å²) in [6, 6.07) is 0. The zero-order valence-electron chi connectivity index (χ0n) is 10.0. The third-order valence-corrected chi connectivity index (χ3v) is 2.32. The Kier molecular flexibility index (Phi) is 4.58. The molecule has 0 N–H and O–H groups in total. The van der Waals surface area contributed by atoms with E-state index >= 15 is 0 Å². The topological polar surface area (TPSA) is 24.7 Å². The van der Waals surface area contributed by atoms with E-state index in [1.165, 1.54) is 6.42 Å². The molecule has 0 aromatic heterocycles. The maximum atomic E-state index is 4.41. The Hall–Kier alpha value is -0.400. The highest BCUT2D eigenvalue weighted by molar-refractivity contribution is 4.79. The summed E-state index contributed by atoms with van der Waals surface area (Å²) in [7, 11) is 0. The van der Waals surface area contributed by atoms with Crippen LogP contribution in [0.25, 0.3) is 0 Å². The van der Waals surface area contributed by atoms with Gasteiger partial charge in [-0.05, 0) is 40.5 Å². The summed E-state index contributed by atoms with van der Waals surface area (Å²) in [5.74, 6) is 0. The molecule has 0 aliphatic carbocycles. The van der Waals surface area contributed by atoms with Crippen molar-refractivity contribution in [1.29, 1.82) is 0 Å². The molecule has 78 valence electrons. The van der Waals surface area contributed by atoms with Crippen LogP contribution in [0.5, 0.6) is 0 Å². The van der Waals surface area contributed by atoms with Crippen molar-refractivity contribution in [1.82, 2.24) is 0 Å². The molecule has 0 aliphatic heterocycles. The Bertz CT molecular complexity index is 169. The summed E-state index contributed by atoms with van der Waals surface area (Å²) in [5.41, 5.74) is 0.0200. The minimum atomic E-state index is 0.00497. The first-order valence-corrected chi connectivity index (χ1v) is 5.27. The van der Waals surface area contributed by atoms with Gasteiger partial charge in [0, 0.05) is 0 Å². The molecule has 0 rings (SSSR count). The van der Waals surface area contributed by atoms with Crippen molar-refractivity contribution in [2.45, 2.75) is 71.9 Å². The van der Waals surface area contributed by atoms with Crippen LogP contribution in [0.4, 0.5) is 0 Å². The highest BCUT2D eigenvalue weighted by Gasteiger charge is 2.18. The summed E-state index contributed by atoms with van der Waals surface area (Å²) in [6.45, 7) is 12.9. The molecule has 0 atom stereocenters. The van der Waals surface area contributed by atoms with Crippen LogP contribution < -0.4 is 0 Å². The highest BCUT2D eigenvalue weighted by atomic mass is 15.2. The first kappa shape index (κ1) is 12.6. The van der Waals surface area contributed by atoms with Gasteiger partial charge in [-0.3, -0.25) is 0 Å². The van der Waals surface area contributed by atoms with Crippen LogP contribution in [0.2, 0.25) is 0 Å². The van der Waals surface area contributed by atoms with E-state index in [1.54, 1.807) is 0 Å². The van der Waals surface area contributed by atoms with Crippen LogP contribution in [0.1, 0.15) is 60.8 Å². The van der Waals surface area contributed by atoms with E-state index in [1.807, 2.05) is 0 Å². The summed E-state index contributed by atoms with van der Waals surface area (Å²) in [5, 5.41) is 8.80. The Balaban J connectivity index is 4.24. The Morgan fingerprint density at radius 2 is 1.31 bits per heavy atom. The first-order chi connectivity index (χ1) is 5.83. The van der Waals surface area contributed by atoms with E-state index in [0.29, 0.717) is 0 Å². The van der Waals surface area contributed by atoms with Crippen molar-refractivity contribution < 1.29 is 0 Å². The fourth-order valence-electron chi connectivity index (χ4n) is 1.00. The van der Waals surface area contributed by atoms with Gasteiger partial charge in [0.1, 0.15) is 0 Å². The second-order valence-corrected chi connectivity index (χ2v) is 4.93. The van der Waals surface area contributed by atoms with Crippen LogP contribution in [-0.4, -0.2) is 11.1 Å². The van der Waals surface area contributed by atoms with Gasteiger partial charge in [0.05, 0.1) is 11.1 Å². The Morgan fingerprint density at radius 3 is 1.69 bits per heavy atom. The molecule has 0 spiro atoms. The summed E-state index contributed by atoms with van der Waals surface area (Å²) in [4.78, 5) is 0. The average molecular weight is 184 g/mol. The molecule has 0 aromatic rings. The number of rotatable bonds is 5. The van der Waals surface area contributed by atoms with E-state index in [-0.39, 0.29) is 11.1 Å². The molecule has 0 aromatic carbocycles. The minimum absolute atomic E-state index is 0.00497. The second-order valence-electron chi connectivity index (χ2n) is 4.93. The third-order valence-electron chi connectivity index (χ3n) is 2.32. The zero-order valence-corrected chi connectivity index (χ0v) is 10.0. The second kappa shape index (κ2) is 4.73. The van der Waals surface area contributed by atoms with Crippen molar-refractivity contribution in [2.75, 3.05) is 0 Å². The van der Waals surface area contributed by atoms with Gasteiger partial charge in [0.15, 0.2) is 0 Å². The van der Waals surface area contributed by atoms with Gasteiger partial charge in [0.2, 0.25) is 0 Å². The van der Waals surface area contributed by atoms with Crippen molar-refractivity contribution in [3.63, 3.8) is 0 Å². The Labute approximate surface area is 82.8 Å². The fourth-order valence-corrected chi connectivity index (χ4v) is 1.00. The molecule has 0 saturated heterocycles. The monoisotopic (exact) mass is 184 g/mol. The predicted molar refractivity (Wildman–Crippen MR) is 58.2 cm³/mol. The molecule has 0 radical (unpaired) electrons. The van der Waals surface area contributed by atoms with E-state index in [0.717, 1.165) is 12.8 Å². The molecule has 0 fully saturated rings. The molecular formula is C11H24N2. The van der Waals surface area contributed by atoms with Crippen molar-refractivity contribution in [2.24, 2.45) is 10.2 Å². The van der Waals surface area contributed by atoms with Gasteiger partial charge in [-0.1, -0.05) is 20.3 Å². The van der Waals surface area contributed by atoms with Crippen LogP contribution in [0, 0.1) is 0 Å². The van der Waals surface area contributed by atoms with Crippen molar-refractivity contribution in [3.05, 3.63) is 0 Å². The van der Waals surface area contributed by atoms with Gasteiger partial charge in [-0.15, -0.1) is 0 Å². The SMILES string of the molecule is CCCC(C)(C)N=NC(C)(C)CC. The number of nitrogens with zero attached hydrogens (tertiary/aromatic N) is 2. The smallest absolute Gasteiger partial charge is 0.0760 e.